The lowest BCUT2D eigenvalue weighted by Crippen LogP contribution is -2.16. The highest BCUT2D eigenvalue weighted by atomic mass is 16.6. The topological polar surface area (TPSA) is 167 Å². The summed E-state index contributed by atoms with van der Waals surface area (Å²) in [5.41, 5.74) is 1.14. The van der Waals surface area contributed by atoms with Crippen molar-refractivity contribution < 1.29 is 61.9 Å². The van der Waals surface area contributed by atoms with Crippen molar-refractivity contribution in [1.82, 2.24) is 0 Å². The summed E-state index contributed by atoms with van der Waals surface area (Å²) in [5, 5.41) is 0. The highest BCUT2D eigenvalue weighted by Crippen LogP contribution is 2.30. The van der Waals surface area contributed by atoms with Crippen LogP contribution in [-0.2, 0) is 43.0 Å². The van der Waals surface area contributed by atoms with E-state index in [9.17, 15) is 28.8 Å². The first-order valence-electron chi connectivity index (χ1n) is 24.1. The summed E-state index contributed by atoms with van der Waals surface area (Å²) in [4.78, 5) is 72.2. The van der Waals surface area contributed by atoms with E-state index in [1.165, 1.54) is 141 Å². The van der Waals surface area contributed by atoms with Crippen molar-refractivity contribution in [3.05, 3.63) is 59.7 Å². The molecule has 2 rings (SSSR count). The molecule has 0 N–H and O–H groups in total. The number of carbonyl (C=O) groups is 6. The van der Waals surface area contributed by atoms with Gasteiger partial charge in [0, 0.05) is 31.6 Å². The highest BCUT2D eigenvalue weighted by molar-refractivity contribution is 6.10. The lowest BCUT2D eigenvalue weighted by Gasteiger charge is -2.11. The van der Waals surface area contributed by atoms with Gasteiger partial charge in [0.2, 0.25) is 0 Å². The first kappa shape index (κ1) is 57.2. The summed E-state index contributed by atoms with van der Waals surface area (Å²) in [7, 11) is 2.82. The zero-order valence-electron chi connectivity index (χ0n) is 40.4. The maximum atomic E-state index is 12.6. The third-order valence-corrected chi connectivity index (χ3v) is 10.5. The molecule has 13 nitrogen and oxygen atoms in total. The third-order valence-electron chi connectivity index (χ3n) is 10.5. The van der Waals surface area contributed by atoms with Crippen LogP contribution in [0, 0.1) is 17.9 Å². The van der Waals surface area contributed by atoms with E-state index < -0.39 is 29.5 Å². The average molecular weight is 931 g/mol. The predicted octanol–water partition coefficient (Wildman–Crippen LogP) is 11.3. The second kappa shape index (κ2) is 37.2. The van der Waals surface area contributed by atoms with Gasteiger partial charge in [-0.05, 0) is 66.8 Å². The Morgan fingerprint density at radius 3 is 1.55 bits per heavy atom. The first-order valence-corrected chi connectivity index (χ1v) is 24.1. The van der Waals surface area contributed by atoms with Crippen LogP contribution in [0.1, 0.15) is 166 Å². The van der Waals surface area contributed by atoms with Gasteiger partial charge in [-0.3, -0.25) is 28.8 Å². The fraction of sp³-hybridized carbons (Fsp3) is 0.556. The van der Waals surface area contributed by atoms with Crippen LogP contribution in [0.15, 0.2) is 48.6 Å². The maximum absolute atomic E-state index is 12.6. The number of rotatable bonds is 38. The lowest BCUT2D eigenvalue weighted by molar-refractivity contribution is -0.145. The number of esters is 3. The number of ketones is 2. The van der Waals surface area contributed by atoms with Crippen LogP contribution in [0.2, 0.25) is 0 Å². The number of carbonyl (C=O) groups excluding carboxylic acids is 6. The van der Waals surface area contributed by atoms with Gasteiger partial charge in [-0.1, -0.05) is 134 Å². The molecule has 0 spiro atoms. The van der Waals surface area contributed by atoms with Crippen LogP contribution in [-0.4, -0.2) is 70.0 Å². The molecule has 67 heavy (non-hydrogen) atoms. The summed E-state index contributed by atoms with van der Waals surface area (Å²) >= 11 is 0. The van der Waals surface area contributed by atoms with Crippen LogP contribution in [0.5, 0.6) is 23.0 Å². The van der Waals surface area contributed by atoms with Crippen LogP contribution < -0.4 is 18.9 Å². The molecule has 0 fully saturated rings. The number of hydrogen-bond donors (Lipinski definition) is 0. The Bertz CT molecular complexity index is 1900. The normalized spacial score (nSPS) is 11.3. The smallest absolute Gasteiger partial charge is 0.311 e. The molecule has 0 aliphatic carbocycles. The van der Waals surface area contributed by atoms with Gasteiger partial charge in [-0.25, -0.2) is 0 Å². The molecular formula is C54H74O13. The molecule has 368 valence electrons. The van der Waals surface area contributed by atoms with E-state index in [4.69, 9.17) is 28.4 Å². The molecule has 2 aromatic rings. The van der Waals surface area contributed by atoms with Crippen molar-refractivity contribution in [2.24, 2.45) is 5.92 Å². The Morgan fingerprint density at radius 2 is 1.06 bits per heavy atom. The monoisotopic (exact) mass is 931 g/mol. The van der Waals surface area contributed by atoms with Crippen molar-refractivity contribution in [3.63, 3.8) is 0 Å². The van der Waals surface area contributed by atoms with E-state index in [1.54, 1.807) is 24.3 Å². The van der Waals surface area contributed by atoms with Crippen LogP contribution >= 0.6 is 0 Å². The number of ether oxygens (including phenoxy) is 7. The SMILES string of the molecule is CCCCCCCCCCCCCCCCCC#COCC(C)COC(=O)CCCC(=O)Oc1ccc(/C=C/C(=O)CC(=O)/C=C/c2ccc(OC(=O)CCCOC=O)c(OC)c2)cc1OC. The maximum Gasteiger partial charge on any atom is 0.311 e. The summed E-state index contributed by atoms with van der Waals surface area (Å²) in [6.45, 7) is 5.15. The zero-order valence-corrected chi connectivity index (χ0v) is 40.4. The molecule has 0 heterocycles. The van der Waals surface area contributed by atoms with Gasteiger partial charge >= 0.3 is 17.9 Å². The molecule has 2 aromatic carbocycles. The van der Waals surface area contributed by atoms with E-state index in [1.807, 2.05) is 6.92 Å². The predicted molar refractivity (Wildman–Crippen MR) is 258 cm³/mol. The van der Waals surface area contributed by atoms with Crippen molar-refractivity contribution in [3.8, 4) is 35.0 Å². The number of methoxy groups -OCH3 is 2. The molecule has 0 radical (unpaired) electrons. The number of unbranched alkanes of at least 4 members (excludes halogenated alkanes) is 15. The minimum atomic E-state index is -0.548. The largest absolute Gasteiger partial charge is 0.493 e. The molecule has 0 aliphatic rings. The van der Waals surface area contributed by atoms with Gasteiger partial charge in [0.25, 0.3) is 6.47 Å². The third kappa shape index (κ3) is 28.7. The summed E-state index contributed by atoms with van der Waals surface area (Å²) < 4.78 is 36.9. The van der Waals surface area contributed by atoms with E-state index in [-0.39, 0.29) is 74.2 Å². The van der Waals surface area contributed by atoms with Gasteiger partial charge in [-0.15, -0.1) is 0 Å². The second-order valence-corrected chi connectivity index (χ2v) is 16.5. The lowest BCUT2D eigenvalue weighted by atomic mass is 10.0. The Kier molecular flexibility index (Phi) is 31.8. The molecule has 0 saturated carbocycles. The Morgan fingerprint density at radius 1 is 0.582 bits per heavy atom. The molecule has 0 aliphatic heterocycles. The Hall–Kier alpha value is -5.90. The number of benzene rings is 2. The molecule has 13 heteroatoms. The molecular weight excluding hydrogens is 857 g/mol. The molecule has 0 bridgehead atoms. The molecule has 0 amide bonds. The van der Waals surface area contributed by atoms with Crippen molar-refractivity contribution in [2.75, 3.05) is 34.0 Å². The van der Waals surface area contributed by atoms with Crippen LogP contribution in [0.25, 0.3) is 12.2 Å². The zero-order chi connectivity index (χ0) is 48.7. The summed E-state index contributed by atoms with van der Waals surface area (Å²) in [6, 6.07) is 9.46. The second-order valence-electron chi connectivity index (χ2n) is 16.5. The van der Waals surface area contributed by atoms with Crippen molar-refractivity contribution in [1.29, 1.82) is 0 Å². The van der Waals surface area contributed by atoms with E-state index in [2.05, 4.69) is 23.7 Å². The standard InChI is InChI=1S/C54H74O13/c1-5-6-7-8-9-10-11-12-13-14-15-16-17-18-19-20-21-35-63-40-43(2)41-65-52(58)24-22-25-53(59)66-48-33-29-44(37-50(48)61-3)27-31-46(56)39-47(57)32-28-45-30-34-49(51(38-45)62-4)67-54(60)26-23-36-64-42-55/h27-34,37-38,42-43H,5-20,22-26,36,39-41H2,1-4H3/b31-27+,32-28+. The minimum Gasteiger partial charge on any atom is -0.493 e. The molecule has 0 saturated heterocycles. The summed E-state index contributed by atoms with van der Waals surface area (Å²) in [5.74, 6) is 1.58. The van der Waals surface area contributed by atoms with E-state index in [0.717, 1.165) is 12.8 Å². The van der Waals surface area contributed by atoms with Crippen molar-refractivity contribution in [2.45, 2.75) is 155 Å². The van der Waals surface area contributed by atoms with Crippen LogP contribution in [0.4, 0.5) is 0 Å². The molecule has 1 atom stereocenters. The number of hydrogen-bond acceptors (Lipinski definition) is 13. The highest BCUT2D eigenvalue weighted by Gasteiger charge is 2.15. The fourth-order valence-electron chi connectivity index (χ4n) is 6.71. The first-order chi connectivity index (χ1) is 32.6. The van der Waals surface area contributed by atoms with Crippen LogP contribution in [0.3, 0.4) is 0 Å². The average Bonchev–Trinajstić information content (AvgIpc) is 3.32. The van der Waals surface area contributed by atoms with Gasteiger partial charge in [-0.2, -0.15) is 0 Å². The minimum absolute atomic E-state index is 0.0136. The van der Waals surface area contributed by atoms with E-state index >= 15 is 0 Å². The summed E-state index contributed by atoms with van der Waals surface area (Å²) in [6.07, 6.45) is 29.4. The number of allylic oxidation sites excluding steroid dienone is 2. The van der Waals surface area contributed by atoms with Gasteiger partial charge in [0.1, 0.15) is 12.7 Å². The Labute approximate surface area is 398 Å². The Balaban J connectivity index is 1.60. The van der Waals surface area contributed by atoms with Gasteiger partial charge < -0.3 is 33.2 Å². The van der Waals surface area contributed by atoms with Gasteiger partial charge in [0.05, 0.1) is 33.9 Å². The van der Waals surface area contributed by atoms with E-state index in [0.29, 0.717) is 30.6 Å². The van der Waals surface area contributed by atoms with Crippen molar-refractivity contribution >= 4 is 48.1 Å². The fourth-order valence-corrected chi connectivity index (χ4v) is 6.71. The quantitative estimate of drug-likeness (QED) is 0.0119. The molecule has 1 unspecified atom stereocenters. The van der Waals surface area contributed by atoms with Gasteiger partial charge in [0.15, 0.2) is 34.6 Å². The molecule has 0 aromatic heterocycles.